The topological polar surface area (TPSA) is 61.8 Å². The van der Waals surface area contributed by atoms with E-state index in [4.69, 9.17) is 14.2 Å². The fourth-order valence-electron chi connectivity index (χ4n) is 2.31. The van der Waals surface area contributed by atoms with Gasteiger partial charge in [0.2, 0.25) is 0 Å². The third-order valence-electron chi connectivity index (χ3n) is 3.47. The summed E-state index contributed by atoms with van der Waals surface area (Å²) in [5.41, 5.74) is 0.865. The average molecular weight is 330 g/mol. The quantitative estimate of drug-likeness (QED) is 0.623. The summed E-state index contributed by atoms with van der Waals surface area (Å²) in [4.78, 5) is 23.7. The van der Waals surface area contributed by atoms with E-state index >= 15 is 0 Å². The standard InChI is InChI=1S/C18H15FO5/c19-14-3-1-2-13(10-14)15(20)11-24-18(21)9-12-4-5-16-17(8-12)23-7-6-22-16/h1-5,8,10H,6-7,9,11H2. The first-order valence-electron chi connectivity index (χ1n) is 7.45. The van der Waals surface area contributed by atoms with Gasteiger partial charge in [0.1, 0.15) is 19.0 Å². The van der Waals surface area contributed by atoms with Gasteiger partial charge in [-0.15, -0.1) is 0 Å². The van der Waals surface area contributed by atoms with Crippen LogP contribution < -0.4 is 9.47 Å². The molecule has 0 aromatic heterocycles. The Balaban J connectivity index is 1.55. The number of halogens is 1. The molecule has 1 aliphatic heterocycles. The molecule has 0 N–H and O–H groups in total. The van der Waals surface area contributed by atoms with Crippen molar-refractivity contribution in [2.24, 2.45) is 0 Å². The molecule has 2 aromatic carbocycles. The maximum Gasteiger partial charge on any atom is 0.310 e. The first-order valence-corrected chi connectivity index (χ1v) is 7.45. The van der Waals surface area contributed by atoms with Crippen molar-refractivity contribution in [2.45, 2.75) is 6.42 Å². The molecule has 0 unspecified atom stereocenters. The van der Waals surface area contributed by atoms with Gasteiger partial charge in [-0.25, -0.2) is 4.39 Å². The van der Waals surface area contributed by atoms with E-state index in [9.17, 15) is 14.0 Å². The Morgan fingerprint density at radius 2 is 1.83 bits per heavy atom. The third kappa shape index (κ3) is 3.90. The van der Waals surface area contributed by atoms with Crippen molar-refractivity contribution in [3.05, 3.63) is 59.4 Å². The Kier molecular flexibility index (Phi) is 4.74. The van der Waals surface area contributed by atoms with Crippen LogP contribution in [0.25, 0.3) is 0 Å². The van der Waals surface area contributed by atoms with Crippen molar-refractivity contribution in [2.75, 3.05) is 19.8 Å². The molecule has 0 aliphatic carbocycles. The van der Waals surface area contributed by atoms with Gasteiger partial charge in [0.15, 0.2) is 23.9 Å². The van der Waals surface area contributed by atoms with Crippen molar-refractivity contribution < 1.29 is 28.2 Å². The van der Waals surface area contributed by atoms with Gasteiger partial charge in [-0.3, -0.25) is 9.59 Å². The van der Waals surface area contributed by atoms with Gasteiger partial charge in [-0.05, 0) is 29.8 Å². The lowest BCUT2D eigenvalue weighted by Crippen LogP contribution is -2.17. The van der Waals surface area contributed by atoms with Gasteiger partial charge in [-0.1, -0.05) is 18.2 Å². The van der Waals surface area contributed by atoms with E-state index in [0.717, 1.165) is 6.07 Å². The zero-order valence-electron chi connectivity index (χ0n) is 12.8. The molecule has 0 amide bonds. The van der Waals surface area contributed by atoms with Crippen LogP contribution in [0.3, 0.4) is 0 Å². The minimum atomic E-state index is -0.545. The number of ether oxygens (including phenoxy) is 3. The number of Topliss-reactive ketones (excluding diaryl/α,β-unsaturated/α-hetero) is 1. The molecule has 0 atom stereocenters. The van der Waals surface area contributed by atoms with E-state index in [2.05, 4.69) is 0 Å². The Morgan fingerprint density at radius 3 is 2.62 bits per heavy atom. The smallest absolute Gasteiger partial charge is 0.310 e. The molecule has 1 heterocycles. The largest absolute Gasteiger partial charge is 0.486 e. The maximum absolute atomic E-state index is 13.1. The van der Waals surface area contributed by atoms with Crippen molar-refractivity contribution >= 4 is 11.8 Å². The lowest BCUT2D eigenvalue weighted by atomic mass is 10.1. The van der Waals surface area contributed by atoms with Crippen LogP contribution in [0.2, 0.25) is 0 Å². The maximum atomic E-state index is 13.1. The highest BCUT2D eigenvalue weighted by Crippen LogP contribution is 2.30. The minimum absolute atomic E-state index is 0.00701. The zero-order valence-corrected chi connectivity index (χ0v) is 12.8. The highest BCUT2D eigenvalue weighted by atomic mass is 19.1. The monoisotopic (exact) mass is 330 g/mol. The van der Waals surface area contributed by atoms with E-state index in [1.165, 1.54) is 18.2 Å². The van der Waals surface area contributed by atoms with Crippen LogP contribution in [0, 0.1) is 5.82 Å². The number of esters is 1. The predicted octanol–water partition coefficient (Wildman–Crippen LogP) is 2.57. The van der Waals surface area contributed by atoms with Gasteiger partial charge in [0, 0.05) is 5.56 Å². The molecule has 6 heteroatoms. The molecule has 1 aliphatic rings. The van der Waals surface area contributed by atoms with E-state index in [0.29, 0.717) is 30.3 Å². The molecular formula is C18H15FO5. The Bertz CT molecular complexity index is 772. The van der Waals surface area contributed by atoms with Crippen LogP contribution in [0.4, 0.5) is 4.39 Å². The SMILES string of the molecule is O=C(Cc1ccc2c(c1)OCCO2)OCC(=O)c1cccc(F)c1. The van der Waals surface area contributed by atoms with Crippen LogP contribution in [0.5, 0.6) is 11.5 Å². The van der Waals surface area contributed by atoms with Crippen molar-refractivity contribution in [1.82, 2.24) is 0 Å². The second-order valence-electron chi connectivity index (χ2n) is 5.25. The lowest BCUT2D eigenvalue weighted by Gasteiger charge is -2.18. The number of carbonyl (C=O) groups excluding carboxylic acids is 2. The fraction of sp³-hybridized carbons (Fsp3) is 0.222. The Hall–Kier alpha value is -2.89. The fourth-order valence-corrected chi connectivity index (χ4v) is 2.31. The Labute approximate surface area is 138 Å². The average Bonchev–Trinajstić information content (AvgIpc) is 2.59. The van der Waals surface area contributed by atoms with Crippen LogP contribution in [0.1, 0.15) is 15.9 Å². The van der Waals surface area contributed by atoms with Crippen LogP contribution in [-0.4, -0.2) is 31.6 Å². The number of hydrogen-bond donors (Lipinski definition) is 0. The predicted molar refractivity (Wildman–Crippen MR) is 82.8 cm³/mol. The summed E-state index contributed by atoms with van der Waals surface area (Å²) in [5, 5.41) is 0. The minimum Gasteiger partial charge on any atom is -0.486 e. The molecule has 2 aromatic rings. The number of fused-ring (bicyclic) bond motifs is 1. The van der Waals surface area contributed by atoms with Gasteiger partial charge < -0.3 is 14.2 Å². The number of benzene rings is 2. The van der Waals surface area contributed by atoms with Crippen LogP contribution in [0.15, 0.2) is 42.5 Å². The molecule has 5 nitrogen and oxygen atoms in total. The first kappa shape index (κ1) is 16.0. The molecule has 3 rings (SSSR count). The van der Waals surface area contributed by atoms with E-state index in [1.54, 1.807) is 18.2 Å². The third-order valence-corrected chi connectivity index (χ3v) is 3.47. The van der Waals surface area contributed by atoms with E-state index < -0.39 is 24.2 Å². The lowest BCUT2D eigenvalue weighted by molar-refractivity contribution is -0.141. The second-order valence-corrected chi connectivity index (χ2v) is 5.25. The summed E-state index contributed by atoms with van der Waals surface area (Å²) >= 11 is 0. The van der Waals surface area contributed by atoms with Gasteiger partial charge in [0.05, 0.1) is 6.42 Å². The van der Waals surface area contributed by atoms with Gasteiger partial charge >= 0.3 is 5.97 Å². The molecule has 24 heavy (non-hydrogen) atoms. The molecule has 0 radical (unpaired) electrons. The molecule has 0 bridgehead atoms. The summed E-state index contributed by atoms with van der Waals surface area (Å²) in [5.74, 6) is -0.285. The molecular weight excluding hydrogens is 315 g/mol. The van der Waals surface area contributed by atoms with Crippen molar-refractivity contribution in [1.29, 1.82) is 0 Å². The zero-order chi connectivity index (χ0) is 16.9. The summed E-state index contributed by atoms with van der Waals surface area (Å²) in [6, 6.07) is 10.4. The first-order chi connectivity index (χ1) is 11.6. The highest BCUT2D eigenvalue weighted by Gasteiger charge is 2.15. The van der Waals surface area contributed by atoms with E-state index in [-0.39, 0.29) is 12.0 Å². The summed E-state index contributed by atoms with van der Waals surface area (Å²) in [7, 11) is 0. The molecule has 124 valence electrons. The van der Waals surface area contributed by atoms with Crippen LogP contribution >= 0.6 is 0 Å². The number of ketones is 1. The summed E-state index contributed by atoms with van der Waals surface area (Å²) in [6.07, 6.45) is 0.00701. The highest BCUT2D eigenvalue weighted by molar-refractivity contribution is 5.98. The van der Waals surface area contributed by atoms with Gasteiger partial charge in [-0.2, -0.15) is 0 Å². The van der Waals surface area contributed by atoms with Crippen molar-refractivity contribution in [3.63, 3.8) is 0 Å². The molecule has 0 saturated heterocycles. The second kappa shape index (κ2) is 7.12. The number of rotatable bonds is 5. The normalized spacial score (nSPS) is 12.5. The Morgan fingerprint density at radius 1 is 1.04 bits per heavy atom. The van der Waals surface area contributed by atoms with Crippen LogP contribution in [-0.2, 0) is 16.0 Å². The summed E-state index contributed by atoms with van der Waals surface area (Å²) < 4.78 is 28.9. The van der Waals surface area contributed by atoms with Crippen molar-refractivity contribution in [3.8, 4) is 11.5 Å². The molecule has 0 fully saturated rings. The van der Waals surface area contributed by atoms with Gasteiger partial charge in [0.25, 0.3) is 0 Å². The number of hydrogen-bond acceptors (Lipinski definition) is 5. The molecule has 0 spiro atoms. The number of carbonyl (C=O) groups is 2. The van der Waals surface area contributed by atoms with E-state index in [1.807, 2.05) is 0 Å². The summed E-state index contributed by atoms with van der Waals surface area (Å²) in [6.45, 7) is 0.534. The molecule has 0 saturated carbocycles.